The summed E-state index contributed by atoms with van der Waals surface area (Å²) in [4.78, 5) is 43.5. The fourth-order valence-corrected chi connectivity index (χ4v) is 4.15. The molecule has 0 bridgehead atoms. The highest BCUT2D eigenvalue weighted by Gasteiger charge is 2.40. The minimum atomic E-state index is -0.646. The van der Waals surface area contributed by atoms with E-state index < -0.39 is 5.66 Å². The predicted molar refractivity (Wildman–Crippen MR) is 105 cm³/mol. The molecule has 1 spiro atoms. The van der Waals surface area contributed by atoms with Crippen molar-refractivity contribution in [3.8, 4) is 0 Å². The van der Waals surface area contributed by atoms with Gasteiger partial charge in [-0.3, -0.25) is 14.4 Å². The SMILES string of the molecule is CN1CCN(C(=O)CN2CCC3(CCC2=O)NC(=O)c2ccccc2N3)CC1. The van der Waals surface area contributed by atoms with Crippen LogP contribution in [-0.4, -0.2) is 84.4 Å². The summed E-state index contributed by atoms with van der Waals surface area (Å²) in [6, 6.07) is 7.39. The Morgan fingerprint density at radius 3 is 2.57 bits per heavy atom. The first-order valence-electron chi connectivity index (χ1n) is 9.90. The number of hydrogen-bond donors (Lipinski definition) is 2. The van der Waals surface area contributed by atoms with Crippen molar-refractivity contribution in [2.75, 3.05) is 51.6 Å². The van der Waals surface area contributed by atoms with E-state index in [1.165, 1.54) is 0 Å². The van der Waals surface area contributed by atoms with Crippen molar-refractivity contribution >= 4 is 23.4 Å². The molecule has 1 atom stereocenters. The van der Waals surface area contributed by atoms with E-state index in [1.807, 2.05) is 30.1 Å². The first-order valence-corrected chi connectivity index (χ1v) is 9.90. The summed E-state index contributed by atoms with van der Waals surface area (Å²) in [5, 5.41) is 6.49. The first kappa shape index (κ1) is 18.7. The van der Waals surface area contributed by atoms with Gasteiger partial charge in [-0.2, -0.15) is 0 Å². The number of rotatable bonds is 2. The zero-order chi connectivity index (χ0) is 19.7. The minimum Gasteiger partial charge on any atom is -0.362 e. The summed E-state index contributed by atoms with van der Waals surface area (Å²) in [5.41, 5.74) is 0.763. The lowest BCUT2D eigenvalue weighted by atomic mass is 9.95. The molecule has 1 aromatic carbocycles. The van der Waals surface area contributed by atoms with Crippen LogP contribution in [0, 0.1) is 0 Å². The number of amides is 3. The third kappa shape index (κ3) is 3.69. The van der Waals surface area contributed by atoms with Gasteiger partial charge in [-0.1, -0.05) is 12.1 Å². The van der Waals surface area contributed by atoms with Gasteiger partial charge in [0.05, 0.1) is 12.1 Å². The van der Waals surface area contributed by atoms with Gasteiger partial charge in [-0.25, -0.2) is 0 Å². The molecule has 3 heterocycles. The monoisotopic (exact) mass is 385 g/mol. The Balaban J connectivity index is 1.42. The predicted octanol–water partition coefficient (Wildman–Crippen LogP) is 0.325. The molecular weight excluding hydrogens is 358 g/mol. The molecule has 8 heteroatoms. The topological polar surface area (TPSA) is 85.0 Å². The van der Waals surface area contributed by atoms with E-state index in [1.54, 1.807) is 11.0 Å². The summed E-state index contributed by atoms with van der Waals surface area (Å²) < 4.78 is 0. The summed E-state index contributed by atoms with van der Waals surface area (Å²) >= 11 is 0. The van der Waals surface area contributed by atoms with Gasteiger partial charge in [0.25, 0.3) is 5.91 Å². The largest absolute Gasteiger partial charge is 0.362 e. The number of fused-ring (bicyclic) bond motifs is 1. The van der Waals surface area contributed by atoms with Gasteiger partial charge in [0, 0.05) is 51.3 Å². The standard InChI is InChI=1S/C20H27N5O3/c1-23-10-12-24(13-11-23)18(27)14-25-9-8-20(7-6-17(25)26)21-16-5-3-2-4-15(16)19(28)22-20/h2-5,21H,6-14H2,1H3,(H,22,28). The van der Waals surface area contributed by atoms with Crippen molar-refractivity contribution < 1.29 is 14.4 Å². The van der Waals surface area contributed by atoms with E-state index in [0.29, 0.717) is 44.5 Å². The van der Waals surface area contributed by atoms with E-state index in [0.717, 1.165) is 18.8 Å². The van der Waals surface area contributed by atoms with Crippen LogP contribution >= 0.6 is 0 Å². The second kappa shape index (κ2) is 7.43. The maximum atomic E-state index is 12.6. The highest BCUT2D eigenvalue weighted by molar-refractivity contribution is 6.02. The van der Waals surface area contributed by atoms with Gasteiger partial charge >= 0.3 is 0 Å². The van der Waals surface area contributed by atoms with Crippen LogP contribution in [-0.2, 0) is 9.59 Å². The molecule has 3 aliphatic rings. The van der Waals surface area contributed by atoms with E-state index in [-0.39, 0.29) is 24.3 Å². The summed E-state index contributed by atoms with van der Waals surface area (Å²) in [6.45, 7) is 3.68. The average molecular weight is 385 g/mol. The highest BCUT2D eigenvalue weighted by atomic mass is 16.2. The highest BCUT2D eigenvalue weighted by Crippen LogP contribution is 2.31. The molecule has 1 aromatic rings. The van der Waals surface area contributed by atoms with E-state index in [2.05, 4.69) is 15.5 Å². The summed E-state index contributed by atoms with van der Waals surface area (Å²) in [7, 11) is 2.04. The number of carbonyl (C=O) groups excluding carboxylic acids is 3. The molecule has 2 N–H and O–H groups in total. The number of nitrogens with one attached hydrogen (secondary N) is 2. The summed E-state index contributed by atoms with van der Waals surface area (Å²) in [5.74, 6) is -0.151. The number of likely N-dealkylation sites (N-methyl/N-ethyl adjacent to an activating group) is 1. The van der Waals surface area contributed by atoms with Gasteiger partial charge < -0.3 is 25.3 Å². The molecule has 0 saturated carbocycles. The van der Waals surface area contributed by atoms with Crippen molar-refractivity contribution in [3.05, 3.63) is 29.8 Å². The van der Waals surface area contributed by atoms with Crippen LogP contribution in [0.4, 0.5) is 5.69 Å². The molecular formula is C20H27N5O3. The van der Waals surface area contributed by atoms with Crippen molar-refractivity contribution in [1.82, 2.24) is 20.0 Å². The molecule has 28 heavy (non-hydrogen) atoms. The second-order valence-electron chi connectivity index (χ2n) is 7.96. The van der Waals surface area contributed by atoms with Crippen LogP contribution in [0.5, 0.6) is 0 Å². The molecule has 1 unspecified atom stereocenters. The lowest BCUT2D eigenvalue weighted by Gasteiger charge is -2.40. The van der Waals surface area contributed by atoms with Crippen LogP contribution in [0.2, 0.25) is 0 Å². The molecule has 4 rings (SSSR count). The van der Waals surface area contributed by atoms with Gasteiger partial charge in [-0.05, 0) is 25.6 Å². The smallest absolute Gasteiger partial charge is 0.255 e. The zero-order valence-electron chi connectivity index (χ0n) is 16.2. The Kier molecular flexibility index (Phi) is 4.97. The first-order chi connectivity index (χ1) is 13.5. The van der Waals surface area contributed by atoms with Crippen LogP contribution in [0.3, 0.4) is 0 Å². The maximum Gasteiger partial charge on any atom is 0.255 e. The van der Waals surface area contributed by atoms with Crippen LogP contribution < -0.4 is 10.6 Å². The Morgan fingerprint density at radius 1 is 1.04 bits per heavy atom. The average Bonchev–Trinajstić information content (AvgIpc) is 2.83. The maximum absolute atomic E-state index is 12.6. The number of nitrogens with zero attached hydrogens (tertiary/aromatic N) is 3. The number of anilines is 1. The lowest BCUT2D eigenvalue weighted by Crippen LogP contribution is -2.58. The van der Waals surface area contributed by atoms with Crippen LogP contribution in [0.25, 0.3) is 0 Å². The normalized spacial score (nSPS) is 25.8. The molecule has 0 radical (unpaired) electrons. The van der Waals surface area contributed by atoms with Gasteiger partial charge in [0.15, 0.2) is 0 Å². The third-order valence-corrected chi connectivity index (χ3v) is 6.01. The Morgan fingerprint density at radius 2 is 1.79 bits per heavy atom. The number of likely N-dealkylation sites (tertiary alicyclic amines) is 1. The Bertz CT molecular complexity index is 790. The molecule has 2 fully saturated rings. The molecule has 150 valence electrons. The minimum absolute atomic E-state index is 0.00313. The third-order valence-electron chi connectivity index (χ3n) is 6.01. The number of hydrogen-bond acceptors (Lipinski definition) is 5. The van der Waals surface area contributed by atoms with Crippen molar-refractivity contribution in [2.24, 2.45) is 0 Å². The lowest BCUT2D eigenvalue weighted by molar-refractivity contribution is -0.141. The van der Waals surface area contributed by atoms with Gasteiger partial charge in [0.1, 0.15) is 5.66 Å². The van der Waals surface area contributed by atoms with Crippen LogP contribution in [0.1, 0.15) is 29.6 Å². The fraction of sp³-hybridized carbons (Fsp3) is 0.550. The van der Waals surface area contributed by atoms with E-state index in [4.69, 9.17) is 0 Å². The van der Waals surface area contributed by atoms with Gasteiger partial charge in [0.2, 0.25) is 11.8 Å². The molecule has 3 aliphatic heterocycles. The molecule has 3 amide bonds. The van der Waals surface area contributed by atoms with Crippen molar-refractivity contribution in [2.45, 2.75) is 24.9 Å². The summed E-state index contributed by atoms with van der Waals surface area (Å²) in [6.07, 6.45) is 1.37. The van der Waals surface area contributed by atoms with E-state index in [9.17, 15) is 14.4 Å². The molecule has 0 aromatic heterocycles. The number of benzene rings is 1. The Labute approximate surface area is 164 Å². The molecule has 2 saturated heterocycles. The quantitative estimate of drug-likeness (QED) is 0.766. The van der Waals surface area contributed by atoms with Gasteiger partial charge in [-0.15, -0.1) is 0 Å². The van der Waals surface area contributed by atoms with Crippen molar-refractivity contribution in [1.29, 1.82) is 0 Å². The Hall–Kier alpha value is -2.61. The number of piperazine rings is 1. The van der Waals surface area contributed by atoms with Crippen LogP contribution in [0.15, 0.2) is 24.3 Å². The van der Waals surface area contributed by atoms with E-state index >= 15 is 0 Å². The van der Waals surface area contributed by atoms with Crippen molar-refractivity contribution in [3.63, 3.8) is 0 Å². The zero-order valence-corrected chi connectivity index (χ0v) is 16.2. The molecule has 0 aliphatic carbocycles. The fourth-order valence-electron chi connectivity index (χ4n) is 4.15. The molecule has 8 nitrogen and oxygen atoms in total. The number of para-hydroxylation sites is 1. The number of carbonyl (C=O) groups is 3. The second-order valence-corrected chi connectivity index (χ2v) is 7.96.